The predicted molar refractivity (Wildman–Crippen MR) is 27.0 cm³/mol. The van der Waals surface area contributed by atoms with Crippen LogP contribution < -0.4 is 0 Å². The van der Waals surface area contributed by atoms with Gasteiger partial charge in [-0.05, 0) is 14.1 Å². The van der Waals surface area contributed by atoms with Crippen molar-refractivity contribution in [2.24, 2.45) is 4.99 Å². The molecule has 0 bridgehead atoms. The van der Waals surface area contributed by atoms with Crippen LogP contribution >= 0.6 is 0 Å². The average Bonchev–Trinajstić information content (AvgIpc) is 1.35. The van der Waals surface area contributed by atoms with Gasteiger partial charge in [-0.25, -0.2) is 0 Å². The number of hydrogen-bond acceptors (Lipinski definition) is 2. The van der Waals surface area contributed by atoms with Crippen LogP contribution in [0, 0.1) is 0 Å². The summed E-state index contributed by atoms with van der Waals surface area (Å²) in [5.41, 5.74) is 0. The first-order valence-electron chi connectivity index (χ1n) is 1.79. The van der Waals surface area contributed by atoms with Crippen LogP contribution in [0.4, 0.5) is 0 Å². The summed E-state index contributed by atoms with van der Waals surface area (Å²) in [5.74, 6) is 0. The van der Waals surface area contributed by atoms with E-state index in [0.29, 0.717) is 6.67 Å². The van der Waals surface area contributed by atoms with E-state index < -0.39 is 0 Å². The van der Waals surface area contributed by atoms with Crippen LogP contribution in [0.3, 0.4) is 0 Å². The predicted octanol–water partition coefficient (Wildman–Crippen LogP) is 0.0831. The van der Waals surface area contributed by atoms with Gasteiger partial charge in [0, 0.05) is 6.72 Å². The zero-order valence-electron chi connectivity index (χ0n) is 4.18. The monoisotopic (exact) mass is 85.1 g/mol. The lowest BCUT2D eigenvalue weighted by Crippen LogP contribution is -2.09. The highest BCUT2D eigenvalue weighted by Crippen LogP contribution is 1.68. The van der Waals surface area contributed by atoms with E-state index in [1.807, 2.05) is 19.0 Å². The molecule has 0 saturated carbocycles. The molecule has 0 aromatic carbocycles. The molecule has 2 nitrogen and oxygen atoms in total. The van der Waals surface area contributed by atoms with E-state index in [-0.39, 0.29) is 0 Å². The maximum atomic E-state index is 4.81. The fourth-order valence-electron chi connectivity index (χ4n) is 0.163. The molecule has 0 atom stereocenters. The number of nitrogens with zero attached hydrogens (tertiary/aromatic N) is 2. The summed E-state index contributed by atoms with van der Waals surface area (Å²) in [6.07, 6.45) is 0. The lowest BCUT2D eigenvalue weighted by molar-refractivity contribution is 0.425. The van der Waals surface area contributed by atoms with Gasteiger partial charge in [0.25, 0.3) is 0 Å². The summed E-state index contributed by atoms with van der Waals surface area (Å²) in [6.45, 7) is 5.42. The molecule has 0 N–H and O–H groups in total. The first kappa shape index (κ1) is 5.63. The van der Waals surface area contributed by atoms with Crippen LogP contribution in [0.15, 0.2) is 4.99 Å². The molecule has 0 rings (SSSR count). The molecular weight excluding hydrogens is 76.1 g/mol. The number of hydrogen-bond donors (Lipinski definition) is 0. The SMILES string of the molecule is [CH]=NCN(C)C. The molecule has 0 heterocycles. The van der Waals surface area contributed by atoms with Gasteiger partial charge in [0.1, 0.15) is 0 Å². The van der Waals surface area contributed by atoms with Crippen LogP contribution in [-0.2, 0) is 0 Å². The van der Waals surface area contributed by atoms with E-state index >= 15 is 0 Å². The van der Waals surface area contributed by atoms with Crippen molar-refractivity contribution in [1.29, 1.82) is 0 Å². The minimum atomic E-state index is 0.611. The smallest absolute Gasteiger partial charge is 0.0905 e. The molecule has 2 heteroatoms. The molecule has 0 unspecified atom stereocenters. The Morgan fingerprint density at radius 3 is 2.17 bits per heavy atom. The number of rotatable bonds is 2. The van der Waals surface area contributed by atoms with Gasteiger partial charge < -0.3 is 0 Å². The standard InChI is InChI=1S/C4H9N2/c1-5-4-6(2)3/h1H,4H2,2-3H3. The van der Waals surface area contributed by atoms with Crippen LogP contribution in [0.5, 0.6) is 0 Å². The Bertz CT molecular complexity index is 40.8. The molecule has 6 heavy (non-hydrogen) atoms. The molecule has 1 radical (unpaired) electrons. The van der Waals surface area contributed by atoms with E-state index in [1.54, 1.807) is 0 Å². The molecule has 0 aliphatic rings. The third kappa shape index (κ3) is 3.63. The third-order valence-corrected chi connectivity index (χ3v) is 0.364. The first-order valence-corrected chi connectivity index (χ1v) is 1.79. The zero-order valence-corrected chi connectivity index (χ0v) is 4.18. The fraction of sp³-hybridized carbons (Fsp3) is 0.750. The van der Waals surface area contributed by atoms with Crippen molar-refractivity contribution >= 4 is 6.72 Å². The zero-order chi connectivity index (χ0) is 4.99. The second kappa shape index (κ2) is 2.85. The Morgan fingerprint density at radius 1 is 1.67 bits per heavy atom. The molecule has 0 fully saturated rings. The van der Waals surface area contributed by atoms with Gasteiger partial charge in [-0.2, -0.15) is 0 Å². The van der Waals surface area contributed by atoms with E-state index in [1.165, 1.54) is 0 Å². The lowest BCUT2D eigenvalue weighted by Gasteiger charge is -2.00. The Hall–Kier alpha value is -0.370. The second-order valence-electron chi connectivity index (χ2n) is 1.40. The summed E-state index contributed by atoms with van der Waals surface area (Å²) in [6, 6.07) is 0. The summed E-state index contributed by atoms with van der Waals surface area (Å²) in [4.78, 5) is 5.25. The van der Waals surface area contributed by atoms with Gasteiger partial charge in [0.05, 0.1) is 6.67 Å². The van der Waals surface area contributed by atoms with E-state index in [2.05, 4.69) is 4.99 Å². The van der Waals surface area contributed by atoms with Crippen molar-refractivity contribution in [1.82, 2.24) is 4.90 Å². The minimum Gasteiger partial charge on any atom is -0.291 e. The highest BCUT2D eigenvalue weighted by atomic mass is 15.1. The van der Waals surface area contributed by atoms with Gasteiger partial charge in [-0.3, -0.25) is 9.89 Å². The van der Waals surface area contributed by atoms with Crippen molar-refractivity contribution < 1.29 is 0 Å². The van der Waals surface area contributed by atoms with Crippen molar-refractivity contribution in [3.8, 4) is 0 Å². The Balaban J connectivity index is 2.81. The normalized spacial score (nSPS) is 9.17. The second-order valence-corrected chi connectivity index (χ2v) is 1.40. The van der Waals surface area contributed by atoms with Gasteiger partial charge in [-0.15, -0.1) is 0 Å². The van der Waals surface area contributed by atoms with Crippen molar-refractivity contribution in [2.45, 2.75) is 0 Å². The number of aliphatic imine (C=N–C) groups is 1. The van der Waals surface area contributed by atoms with Crippen molar-refractivity contribution in [3.05, 3.63) is 0 Å². The van der Waals surface area contributed by atoms with Crippen LogP contribution in [0.1, 0.15) is 0 Å². The lowest BCUT2D eigenvalue weighted by atomic mass is 10.9. The highest BCUT2D eigenvalue weighted by molar-refractivity contribution is 5.22. The van der Waals surface area contributed by atoms with Crippen LogP contribution in [0.2, 0.25) is 0 Å². The Labute approximate surface area is 38.5 Å². The minimum absolute atomic E-state index is 0.611. The molecule has 0 aromatic heterocycles. The van der Waals surface area contributed by atoms with Gasteiger partial charge in [-0.1, -0.05) is 0 Å². The molecule has 0 aromatic rings. The molecule has 0 spiro atoms. The van der Waals surface area contributed by atoms with Gasteiger partial charge in [0.15, 0.2) is 0 Å². The summed E-state index contributed by atoms with van der Waals surface area (Å²) >= 11 is 0. The van der Waals surface area contributed by atoms with Crippen molar-refractivity contribution in [3.63, 3.8) is 0 Å². The summed E-state index contributed by atoms with van der Waals surface area (Å²) in [5, 5.41) is 0. The molecule has 0 aliphatic carbocycles. The largest absolute Gasteiger partial charge is 0.291 e. The first-order chi connectivity index (χ1) is 2.77. The molecule has 35 valence electrons. The third-order valence-electron chi connectivity index (χ3n) is 0.364. The van der Waals surface area contributed by atoms with E-state index in [0.717, 1.165) is 0 Å². The van der Waals surface area contributed by atoms with E-state index in [9.17, 15) is 0 Å². The Morgan fingerprint density at radius 2 is 2.17 bits per heavy atom. The van der Waals surface area contributed by atoms with Gasteiger partial charge in [0.2, 0.25) is 0 Å². The van der Waals surface area contributed by atoms with Crippen LogP contribution in [0.25, 0.3) is 0 Å². The maximum absolute atomic E-state index is 4.81. The van der Waals surface area contributed by atoms with Gasteiger partial charge >= 0.3 is 0 Å². The summed E-state index contributed by atoms with van der Waals surface area (Å²) in [7, 11) is 3.83. The topological polar surface area (TPSA) is 15.6 Å². The average molecular weight is 85.1 g/mol. The van der Waals surface area contributed by atoms with Crippen molar-refractivity contribution in [2.75, 3.05) is 20.8 Å². The molecule has 0 saturated heterocycles. The maximum Gasteiger partial charge on any atom is 0.0905 e. The fourth-order valence-corrected chi connectivity index (χ4v) is 0.163. The quantitative estimate of drug-likeness (QED) is 0.434. The summed E-state index contributed by atoms with van der Waals surface area (Å²) < 4.78 is 0. The molecule has 0 amide bonds. The van der Waals surface area contributed by atoms with E-state index in [4.69, 9.17) is 6.72 Å². The molecular formula is C4H9N2. The molecule has 0 aliphatic heterocycles. The highest BCUT2D eigenvalue weighted by Gasteiger charge is 1.76. The van der Waals surface area contributed by atoms with Crippen LogP contribution in [-0.4, -0.2) is 32.4 Å². The Kier molecular flexibility index (Phi) is 2.67.